The van der Waals surface area contributed by atoms with Crippen LogP contribution in [0.25, 0.3) is 10.9 Å². The first-order valence-electron chi connectivity index (χ1n) is 7.72. The molecule has 1 saturated heterocycles. The molecule has 0 spiro atoms. The number of hydrogen-bond donors (Lipinski definition) is 2. The fourth-order valence-electron chi connectivity index (χ4n) is 2.57. The van der Waals surface area contributed by atoms with E-state index in [0.717, 1.165) is 23.1 Å². The summed E-state index contributed by atoms with van der Waals surface area (Å²) in [6.45, 7) is 6.29. The van der Waals surface area contributed by atoms with E-state index in [-0.39, 0.29) is 24.4 Å². The average Bonchev–Trinajstić information content (AvgIpc) is 2.91. The molecule has 1 atom stereocenters. The molecular weight excluding hydrogens is 316 g/mol. The number of nitrogens with zero attached hydrogens (tertiary/aromatic N) is 2. The smallest absolute Gasteiger partial charge is 0.226 e. The summed E-state index contributed by atoms with van der Waals surface area (Å²) in [6.07, 6.45) is 2.43. The van der Waals surface area contributed by atoms with Gasteiger partial charge in [0.2, 0.25) is 5.91 Å². The maximum Gasteiger partial charge on any atom is 0.226 e. The molecule has 0 aliphatic carbocycles. The van der Waals surface area contributed by atoms with Crippen molar-refractivity contribution < 1.29 is 9.53 Å². The van der Waals surface area contributed by atoms with Crippen molar-refractivity contribution in [1.29, 1.82) is 0 Å². The fraction of sp³-hybridized carbons (Fsp3) is 0.500. The highest BCUT2D eigenvalue weighted by Crippen LogP contribution is 2.20. The summed E-state index contributed by atoms with van der Waals surface area (Å²) in [5.74, 6) is -0.00129. The average molecular weight is 339 g/mol. The summed E-state index contributed by atoms with van der Waals surface area (Å²) in [6, 6.07) is 6.21. The summed E-state index contributed by atoms with van der Waals surface area (Å²) in [5.41, 5.74) is 1.74. The Labute approximate surface area is 142 Å². The second-order valence-electron chi connectivity index (χ2n) is 5.95. The normalized spacial score (nSPS) is 18.0. The van der Waals surface area contributed by atoms with Gasteiger partial charge >= 0.3 is 0 Å². The number of morpholine rings is 1. The first-order valence-corrected chi connectivity index (χ1v) is 7.72. The van der Waals surface area contributed by atoms with Gasteiger partial charge in [0, 0.05) is 42.3 Å². The Morgan fingerprint density at radius 3 is 3.04 bits per heavy atom. The van der Waals surface area contributed by atoms with Crippen LogP contribution in [0.1, 0.15) is 26.3 Å². The van der Waals surface area contributed by atoms with Crippen molar-refractivity contribution in [2.45, 2.75) is 32.4 Å². The molecule has 126 valence electrons. The second kappa shape index (κ2) is 7.77. The third-order valence-corrected chi connectivity index (χ3v) is 3.77. The third kappa shape index (κ3) is 4.43. The predicted octanol–water partition coefficient (Wildman–Crippen LogP) is 2.36. The van der Waals surface area contributed by atoms with Gasteiger partial charge < -0.3 is 15.4 Å². The van der Waals surface area contributed by atoms with Crippen molar-refractivity contribution in [2.75, 3.05) is 25.1 Å². The van der Waals surface area contributed by atoms with E-state index < -0.39 is 0 Å². The zero-order chi connectivity index (χ0) is 15.5. The molecule has 2 N–H and O–H groups in total. The number of nitrogens with one attached hydrogen (secondary N) is 2. The minimum absolute atomic E-state index is 0. The lowest BCUT2D eigenvalue weighted by Gasteiger charge is -2.23. The Balaban J connectivity index is 0.00000192. The predicted molar refractivity (Wildman–Crippen MR) is 93.2 cm³/mol. The second-order valence-corrected chi connectivity index (χ2v) is 5.95. The van der Waals surface area contributed by atoms with E-state index in [1.54, 1.807) is 0 Å². The van der Waals surface area contributed by atoms with Crippen molar-refractivity contribution in [3.05, 3.63) is 24.4 Å². The van der Waals surface area contributed by atoms with Crippen molar-refractivity contribution in [1.82, 2.24) is 15.1 Å². The number of benzene rings is 1. The first kappa shape index (κ1) is 17.7. The number of anilines is 1. The highest BCUT2D eigenvalue weighted by atomic mass is 35.5. The molecule has 0 radical (unpaired) electrons. The number of hydrogen-bond acceptors (Lipinski definition) is 4. The van der Waals surface area contributed by atoms with Crippen LogP contribution in [0.4, 0.5) is 5.69 Å². The number of carbonyl (C=O) groups excluding carboxylic acids is 1. The quantitative estimate of drug-likeness (QED) is 0.898. The van der Waals surface area contributed by atoms with Gasteiger partial charge in [-0.25, -0.2) is 0 Å². The summed E-state index contributed by atoms with van der Waals surface area (Å²) in [7, 11) is 0. The van der Waals surface area contributed by atoms with E-state index in [1.807, 2.05) is 29.1 Å². The summed E-state index contributed by atoms with van der Waals surface area (Å²) < 4.78 is 7.29. The van der Waals surface area contributed by atoms with E-state index in [2.05, 4.69) is 29.6 Å². The van der Waals surface area contributed by atoms with Crippen LogP contribution in [0.15, 0.2) is 24.4 Å². The lowest BCUT2D eigenvalue weighted by Crippen LogP contribution is -2.43. The monoisotopic (exact) mass is 338 g/mol. The molecule has 0 bridgehead atoms. The molecule has 6 nitrogen and oxygen atoms in total. The molecule has 1 aliphatic rings. The molecule has 1 amide bonds. The van der Waals surface area contributed by atoms with E-state index in [9.17, 15) is 4.79 Å². The summed E-state index contributed by atoms with van der Waals surface area (Å²) >= 11 is 0. The standard InChI is InChI=1S/C16H22N4O2.ClH/c1-11(2)20-9-12-7-13(3-4-15(12)19-20)18-16(21)8-14-10-22-6-5-17-14;/h3-4,7,9,11,14,17H,5-6,8,10H2,1-2H3,(H,18,21);1H. The van der Waals surface area contributed by atoms with Gasteiger partial charge in [0.15, 0.2) is 0 Å². The molecule has 1 aromatic heterocycles. The zero-order valence-corrected chi connectivity index (χ0v) is 14.2. The number of rotatable bonds is 4. The van der Waals surface area contributed by atoms with E-state index in [0.29, 0.717) is 25.7 Å². The Bertz CT molecular complexity index is 665. The SMILES string of the molecule is CC(C)n1cc2cc(NC(=O)CC3COCCN3)ccc2n1.Cl. The lowest BCUT2D eigenvalue weighted by atomic mass is 10.2. The molecule has 2 heterocycles. The molecule has 1 aliphatic heterocycles. The maximum atomic E-state index is 12.1. The van der Waals surface area contributed by atoms with Gasteiger partial charge in [-0.05, 0) is 32.0 Å². The topological polar surface area (TPSA) is 68.2 Å². The van der Waals surface area contributed by atoms with Gasteiger partial charge in [-0.2, -0.15) is 5.10 Å². The van der Waals surface area contributed by atoms with Gasteiger partial charge in [0.1, 0.15) is 0 Å². The van der Waals surface area contributed by atoms with Crippen LogP contribution in [-0.2, 0) is 9.53 Å². The molecule has 1 aromatic carbocycles. The molecule has 1 fully saturated rings. The zero-order valence-electron chi connectivity index (χ0n) is 13.4. The molecule has 2 aromatic rings. The van der Waals surface area contributed by atoms with Gasteiger partial charge in [0.25, 0.3) is 0 Å². The van der Waals surface area contributed by atoms with Crippen molar-refractivity contribution in [2.24, 2.45) is 0 Å². The lowest BCUT2D eigenvalue weighted by molar-refractivity contribution is -0.117. The summed E-state index contributed by atoms with van der Waals surface area (Å²) in [5, 5.41) is 11.8. The van der Waals surface area contributed by atoms with E-state index in [1.165, 1.54) is 0 Å². The number of amides is 1. The Kier molecular flexibility index (Phi) is 5.98. The fourth-order valence-corrected chi connectivity index (χ4v) is 2.57. The van der Waals surface area contributed by atoms with Gasteiger partial charge in [0.05, 0.1) is 18.7 Å². The van der Waals surface area contributed by atoms with Crippen LogP contribution in [0.3, 0.4) is 0 Å². The molecule has 7 heteroatoms. The van der Waals surface area contributed by atoms with E-state index >= 15 is 0 Å². The van der Waals surface area contributed by atoms with Crippen LogP contribution in [0, 0.1) is 0 Å². The highest BCUT2D eigenvalue weighted by Gasteiger charge is 2.17. The molecular formula is C16H23ClN4O2. The van der Waals surface area contributed by atoms with Crippen LogP contribution in [-0.4, -0.2) is 41.5 Å². The number of aromatic nitrogens is 2. The van der Waals surface area contributed by atoms with Crippen LogP contribution >= 0.6 is 12.4 Å². The number of ether oxygens (including phenoxy) is 1. The van der Waals surface area contributed by atoms with Gasteiger partial charge in [-0.3, -0.25) is 9.48 Å². The van der Waals surface area contributed by atoms with Crippen molar-refractivity contribution >= 4 is 34.9 Å². The number of fused-ring (bicyclic) bond motifs is 1. The number of halogens is 1. The van der Waals surface area contributed by atoms with Crippen molar-refractivity contribution in [3.63, 3.8) is 0 Å². The van der Waals surface area contributed by atoms with Crippen LogP contribution < -0.4 is 10.6 Å². The van der Waals surface area contributed by atoms with Gasteiger partial charge in [-0.1, -0.05) is 0 Å². The molecule has 3 rings (SSSR count). The third-order valence-electron chi connectivity index (χ3n) is 3.77. The largest absolute Gasteiger partial charge is 0.378 e. The highest BCUT2D eigenvalue weighted by molar-refractivity contribution is 5.93. The van der Waals surface area contributed by atoms with Crippen LogP contribution in [0.2, 0.25) is 0 Å². The minimum Gasteiger partial charge on any atom is -0.378 e. The van der Waals surface area contributed by atoms with Crippen LogP contribution in [0.5, 0.6) is 0 Å². The Hall–Kier alpha value is -1.63. The first-order chi connectivity index (χ1) is 10.6. The minimum atomic E-state index is -0.00129. The Morgan fingerprint density at radius 1 is 1.52 bits per heavy atom. The van der Waals surface area contributed by atoms with Gasteiger partial charge in [-0.15, -0.1) is 12.4 Å². The Morgan fingerprint density at radius 2 is 2.35 bits per heavy atom. The number of carbonyl (C=O) groups is 1. The summed E-state index contributed by atoms with van der Waals surface area (Å²) in [4.78, 5) is 12.1. The maximum absolute atomic E-state index is 12.1. The molecule has 0 saturated carbocycles. The molecule has 1 unspecified atom stereocenters. The van der Waals surface area contributed by atoms with Crippen molar-refractivity contribution in [3.8, 4) is 0 Å². The van der Waals surface area contributed by atoms with E-state index in [4.69, 9.17) is 4.74 Å². The molecule has 23 heavy (non-hydrogen) atoms.